The lowest BCUT2D eigenvalue weighted by Crippen LogP contribution is -2.31. The average molecular weight is 310 g/mol. The molecular formula is C16H18N6O. The number of hydrogen-bond donors (Lipinski definition) is 1. The zero-order valence-electron chi connectivity index (χ0n) is 13.2. The van der Waals surface area contributed by atoms with Crippen LogP contribution in [0.2, 0.25) is 0 Å². The molecule has 3 heterocycles. The Hall–Kier alpha value is -2.70. The number of aryl methyl sites for hydroxylation is 2. The molecule has 23 heavy (non-hydrogen) atoms. The van der Waals surface area contributed by atoms with Crippen molar-refractivity contribution in [1.82, 2.24) is 29.9 Å². The van der Waals surface area contributed by atoms with Crippen LogP contribution in [0.15, 0.2) is 24.4 Å². The molecule has 7 nitrogen and oxygen atoms in total. The number of H-pyrrole nitrogens is 1. The smallest absolute Gasteiger partial charge is 0.254 e. The van der Waals surface area contributed by atoms with Crippen molar-refractivity contribution in [3.05, 3.63) is 41.5 Å². The van der Waals surface area contributed by atoms with E-state index in [0.717, 1.165) is 36.4 Å². The Bertz CT molecular complexity index is 880. The Kier molecular flexibility index (Phi) is 3.14. The molecule has 3 aromatic rings. The Morgan fingerprint density at radius 3 is 2.91 bits per heavy atom. The van der Waals surface area contributed by atoms with E-state index in [4.69, 9.17) is 0 Å². The fraction of sp³-hybridized carbons (Fsp3) is 0.375. The fourth-order valence-corrected chi connectivity index (χ4v) is 3.36. The second-order valence-corrected chi connectivity index (χ2v) is 6.04. The van der Waals surface area contributed by atoms with Gasteiger partial charge in [-0.25, -0.2) is 4.98 Å². The van der Waals surface area contributed by atoms with Crippen LogP contribution in [0.25, 0.3) is 11.0 Å². The number of imidazole rings is 1. The first-order valence-corrected chi connectivity index (χ1v) is 7.75. The van der Waals surface area contributed by atoms with Crippen molar-refractivity contribution >= 4 is 16.9 Å². The number of amides is 1. The highest BCUT2D eigenvalue weighted by molar-refractivity contribution is 5.97. The SMILES string of the molecule is Cc1cn(C)c([C@H]2CCCN2C(=O)c2ccc3n[nH]nc3c2)n1. The average Bonchev–Trinajstić information content (AvgIpc) is 3.24. The van der Waals surface area contributed by atoms with Crippen molar-refractivity contribution in [2.24, 2.45) is 7.05 Å². The highest BCUT2D eigenvalue weighted by Crippen LogP contribution is 2.32. The molecule has 7 heteroatoms. The fourth-order valence-electron chi connectivity index (χ4n) is 3.36. The number of likely N-dealkylation sites (tertiary alicyclic amines) is 1. The summed E-state index contributed by atoms with van der Waals surface area (Å²) >= 11 is 0. The van der Waals surface area contributed by atoms with Gasteiger partial charge in [-0.15, -0.1) is 0 Å². The van der Waals surface area contributed by atoms with Crippen LogP contribution in [0.3, 0.4) is 0 Å². The van der Waals surface area contributed by atoms with Gasteiger partial charge in [-0.3, -0.25) is 4.79 Å². The molecule has 1 aliphatic rings. The highest BCUT2D eigenvalue weighted by atomic mass is 16.2. The molecule has 0 unspecified atom stereocenters. The first-order chi connectivity index (χ1) is 11.1. The number of rotatable bonds is 2. The number of aromatic amines is 1. The van der Waals surface area contributed by atoms with Gasteiger partial charge in [0.25, 0.3) is 5.91 Å². The zero-order chi connectivity index (χ0) is 16.0. The molecule has 0 radical (unpaired) electrons. The second-order valence-electron chi connectivity index (χ2n) is 6.04. The van der Waals surface area contributed by atoms with E-state index >= 15 is 0 Å². The van der Waals surface area contributed by atoms with E-state index in [9.17, 15) is 4.79 Å². The van der Waals surface area contributed by atoms with E-state index < -0.39 is 0 Å². The molecular weight excluding hydrogens is 292 g/mol. The molecule has 1 amide bonds. The monoisotopic (exact) mass is 310 g/mol. The molecule has 1 aromatic carbocycles. The number of fused-ring (bicyclic) bond motifs is 1. The number of nitrogens with one attached hydrogen (secondary N) is 1. The molecule has 118 valence electrons. The van der Waals surface area contributed by atoms with Crippen LogP contribution < -0.4 is 0 Å². The van der Waals surface area contributed by atoms with Gasteiger partial charge in [0, 0.05) is 25.4 Å². The van der Waals surface area contributed by atoms with Crippen LogP contribution in [0.1, 0.15) is 40.8 Å². The Morgan fingerprint density at radius 1 is 1.30 bits per heavy atom. The van der Waals surface area contributed by atoms with E-state index in [0.29, 0.717) is 11.1 Å². The van der Waals surface area contributed by atoms with Gasteiger partial charge < -0.3 is 9.47 Å². The van der Waals surface area contributed by atoms with Gasteiger partial charge >= 0.3 is 0 Å². The van der Waals surface area contributed by atoms with Crippen molar-refractivity contribution in [2.45, 2.75) is 25.8 Å². The van der Waals surface area contributed by atoms with Gasteiger partial charge in [0.1, 0.15) is 16.9 Å². The Balaban J connectivity index is 1.67. The van der Waals surface area contributed by atoms with Crippen LogP contribution in [0, 0.1) is 6.92 Å². The molecule has 1 N–H and O–H groups in total. The Labute approximate surface area is 133 Å². The summed E-state index contributed by atoms with van der Waals surface area (Å²) in [5.41, 5.74) is 3.09. The summed E-state index contributed by atoms with van der Waals surface area (Å²) in [4.78, 5) is 19.5. The minimum Gasteiger partial charge on any atom is -0.336 e. The summed E-state index contributed by atoms with van der Waals surface area (Å²) in [6, 6.07) is 5.46. The third-order valence-corrected chi connectivity index (χ3v) is 4.41. The number of carbonyl (C=O) groups is 1. The maximum Gasteiger partial charge on any atom is 0.254 e. The third-order valence-electron chi connectivity index (χ3n) is 4.41. The number of nitrogens with zero attached hydrogens (tertiary/aromatic N) is 5. The molecule has 4 rings (SSSR count). The van der Waals surface area contributed by atoms with Gasteiger partial charge in [0.2, 0.25) is 0 Å². The van der Waals surface area contributed by atoms with Gasteiger partial charge in [-0.05, 0) is 38.0 Å². The second kappa shape index (κ2) is 5.19. The van der Waals surface area contributed by atoms with E-state index in [1.165, 1.54) is 0 Å². The van der Waals surface area contributed by atoms with Crippen molar-refractivity contribution < 1.29 is 4.79 Å². The molecule has 0 bridgehead atoms. The molecule has 1 saturated heterocycles. The first kappa shape index (κ1) is 13.9. The largest absolute Gasteiger partial charge is 0.336 e. The van der Waals surface area contributed by atoms with Crippen LogP contribution in [-0.4, -0.2) is 42.3 Å². The van der Waals surface area contributed by atoms with Crippen molar-refractivity contribution in [2.75, 3.05) is 6.54 Å². The van der Waals surface area contributed by atoms with Crippen LogP contribution >= 0.6 is 0 Å². The van der Waals surface area contributed by atoms with Crippen molar-refractivity contribution in [3.8, 4) is 0 Å². The minimum absolute atomic E-state index is 0.0260. The maximum absolute atomic E-state index is 12.9. The molecule has 0 aliphatic carbocycles. The summed E-state index contributed by atoms with van der Waals surface area (Å²) in [5, 5.41) is 10.7. The lowest BCUT2D eigenvalue weighted by molar-refractivity contribution is 0.0728. The number of hydrogen-bond acceptors (Lipinski definition) is 4. The van der Waals surface area contributed by atoms with Gasteiger partial charge in [0.15, 0.2) is 0 Å². The van der Waals surface area contributed by atoms with Gasteiger partial charge in [-0.2, -0.15) is 15.4 Å². The number of aromatic nitrogens is 5. The van der Waals surface area contributed by atoms with E-state index in [-0.39, 0.29) is 11.9 Å². The zero-order valence-corrected chi connectivity index (χ0v) is 13.2. The topological polar surface area (TPSA) is 79.7 Å². The van der Waals surface area contributed by atoms with E-state index in [1.807, 2.05) is 41.8 Å². The molecule has 1 atom stereocenters. The van der Waals surface area contributed by atoms with Crippen molar-refractivity contribution in [1.29, 1.82) is 0 Å². The summed E-state index contributed by atoms with van der Waals surface area (Å²) in [6.07, 6.45) is 3.94. The molecule has 1 fully saturated rings. The third kappa shape index (κ3) is 2.28. The van der Waals surface area contributed by atoms with E-state index in [2.05, 4.69) is 20.4 Å². The molecule has 0 spiro atoms. The summed E-state index contributed by atoms with van der Waals surface area (Å²) in [5.74, 6) is 0.980. The molecule has 1 aliphatic heterocycles. The molecule has 2 aromatic heterocycles. The van der Waals surface area contributed by atoms with Gasteiger partial charge in [0.05, 0.1) is 11.7 Å². The van der Waals surface area contributed by atoms with E-state index in [1.54, 1.807) is 6.07 Å². The highest BCUT2D eigenvalue weighted by Gasteiger charge is 2.33. The standard InChI is InChI=1S/C16H18N6O/c1-10-9-21(2)15(17-10)14-4-3-7-22(14)16(23)11-5-6-12-13(8-11)19-20-18-12/h5-6,8-9,14H,3-4,7H2,1-2H3,(H,18,19,20)/t14-/m1/s1. The lowest BCUT2D eigenvalue weighted by atomic mass is 10.1. The molecule has 0 saturated carbocycles. The van der Waals surface area contributed by atoms with Crippen LogP contribution in [-0.2, 0) is 7.05 Å². The van der Waals surface area contributed by atoms with Crippen LogP contribution in [0.5, 0.6) is 0 Å². The summed E-state index contributed by atoms with van der Waals surface area (Å²) in [7, 11) is 1.98. The normalized spacial score (nSPS) is 18.0. The number of benzene rings is 1. The first-order valence-electron chi connectivity index (χ1n) is 7.75. The van der Waals surface area contributed by atoms with Crippen LogP contribution in [0.4, 0.5) is 0 Å². The lowest BCUT2D eigenvalue weighted by Gasteiger charge is -2.24. The predicted octanol–water partition coefficient (Wildman–Crippen LogP) is 1.98. The predicted molar refractivity (Wildman–Crippen MR) is 84.8 cm³/mol. The summed E-state index contributed by atoms with van der Waals surface area (Å²) < 4.78 is 2.02. The quantitative estimate of drug-likeness (QED) is 0.785. The summed E-state index contributed by atoms with van der Waals surface area (Å²) in [6.45, 7) is 2.73. The van der Waals surface area contributed by atoms with Gasteiger partial charge in [-0.1, -0.05) is 0 Å². The Morgan fingerprint density at radius 2 is 2.13 bits per heavy atom. The van der Waals surface area contributed by atoms with Crippen molar-refractivity contribution in [3.63, 3.8) is 0 Å². The minimum atomic E-state index is 0.0260. The maximum atomic E-state index is 12.9. The number of carbonyl (C=O) groups excluding carboxylic acids is 1.